The van der Waals surface area contributed by atoms with Crippen LogP contribution in [0.2, 0.25) is 0 Å². The molecule has 5 nitrogen and oxygen atoms in total. The monoisotopic (exact) mass is 451 g/mol. The van der Waals surface area contributed by atoms with Crippen LogP contribution in [-0.2, 0) is 4.74 Å². The number of guanidine groups is 1. The maximum Gasteiger partial charge on any atom is 0.258 e. The van der Waals surface area contributed by atoms with Gasteiger partial charge in [-0.1, -0.05) is 29.8 Å². The molecule has 1 amide bonds. The molecule has 2 aromatic rings. The van der Waals surface area contributed by atoms with E-state index < -0.39 is 11.7 Å². The van der Waals surface area contributed by atoms with E-state index >= 15 is 0 Å². The first-order chi connectivity index (χ1) is 16.0. The molecule has 4 aliphatic rings. The highest BCUT2D eigenvalue weighted by Gasteiger charge is 2.77. The number of hydrogen-bond acceptors (Lipinski definition) is 3. The van der Waals surface area contributed by atoms with E-state index in [1.165, 1.54) is 35.9 Å². The molecule has 1 spiro atoms. The molecule has 7 heteroatoms. The van der Waals surface area contributed by atoms with Crippen LogP contribution in [0.15, 0.2) is 65.2 Å². The lowest BCUT2D eigenvalue weighted by atomic mass is 9.72. The summed E-state index contributed by atoms with van der Waals surface area (Å²) in [5, 5.41) is 6.29. The maximum absolute atomic E-state index is 13.6. The Morgan fingerprint density at radius 1 is 1.18 bits per heavy atom. The van der Waals surface area contributed by atoms with Crippen LogP contribution >= 0.6 is 0 Å². The normalized spacial score (nSPS) is 26.8. The van der Waals surface area contributed by atoms with Crippen LogP contribution < -0.4 is 10.6 Å². The molecular weight excluding hydrogens is 424 g/mol. The molecule has 4 aliphatic carbocycles. The number of benzene rings is 2. The van der Waals surface area contributed by atoms with Crippen LogP contribution in [0.1, 0.15) is 41.6 Å². The average molecular weight is 452 g/mol. The molecule has 0 radical (unpaired) electrons. The minimum Gasteiger partial charge on any atom is -0.382 e. The Hall–Kier alpha value is -3.06. The van der Waals surface area contributed by atoms with Crippen molar-refractivity contribution in [1.82, 2.24) is 10.6 Å². The number of aliphatic imine (C=N–C) groups is 1. The molecule has 0 saturated heterocycles. The van der Waals surface area contributed by atoms with Gasteiger partial charge in [0.25, 0.3) is 5.91 Å². The van der Waals surface area contributed by atoms with E-state index in [4.69, 9.17) is 4.74 Å². The van der Waals surface area contributed by atoms with Crippen LogP contribution in [0.4, 0.5) is 8.78 Å². The molecular formula is C26H27F2N3O2. The van der Waals surface area contributed by atoms with Gasteiger partial charge in [-0.15, -0.1) is 0 Å². The molecule has 4 atom stereocenters. The highest BCUT2D eigenvalue weighted by atomic mass is 19.1. The predicted molar refractivity (Wildman–Crippen MR) is 122 cm³/mol. The van der Waals surface area contributed by atoms with Crippen molar-refractivity contribution in [3.63, 3.8) is 0 Å². The van der Waals surface area contributed by atoms with Gasteiger partial charge in [0.1, 0.15) is 11.6 Å². The summed E-state index contributed by atoms with van der Waals surface area (Å²) in [4.78, 5) is 17.3. The third-order valence-corrected chi connectivity index (χ3v) is 7.01. The van der Waals surface area contributed by atoms with E-state index in [9.17, 15) is 13.6 Å². The summed E-state index contributed by atoms with van der Waals surface area (Å²) >= 11 is 0. The van der Waals surface area contributed by atoms with Gasteiger partial charge in [0.05, 0.1) is 6.04 Å². The molecule has 4 unspecified atom stereocenters. The summed E-state index contributed by atoms with van der Waals surface area (Å²) in [6.45, 7) is 3.68. The minimum absolute atomic E-state index is 0.0584. The summed E-state index contributed by atoms with van der Waals surface area (Å²) in [7, 11) is 0. The zero-order valence-corrected chi connectivity index (χ0v) is 18.5. The van der Waals surface area contributed by atoms with Crippen molar-refractivity contribution < 1.29 is 18.3 Å². The molecule has 6 rings (SSSR count). The molecule has 172 valence electrons. The molecule has 0 aromatic heterocycles. The van der Waals surface area contributed by atoms with Crippen molar-refractivity contribution in [2.24, 2.45) is 16.3 Å². The molecule has 2 aromatic carbocycles. The van der Waals surface area contributed by atoms with Gasteiger partial charge in [0.15, 0.2) is 5.96 Å². The number of nitrogens with one attached hydrogen (secondary N) is 2. The lowest BCUT2D eigenvalue weighted by molar-refractivity contribution is 0.0974. The van der Waals surface area contributed by atoms with Crippen LogP contribution in [0, 0.1) is 23.0 Å². The quantitative estimate of drug-likeness (QED) is 0.274. The van der Waals surface area contributed by atoms with E-state index in [0.29, 0.717) is 37.6 Å². The van der Waals surface area contributed by atoms with Crippen molar-refractivity contribution >= 4 is 11.9 Å². The summed E-state index contributed by atoms with van der Waals surface area (Å²) in [6, 6.07) is 12.4. The van der Waals surface area contributed by atoms with Crippen LogP contribution in [-0.4, -0.2) is 37.7 Å². The zero-order valence-electron chi connectivity index (χ0n) is 18.5. The molecule has 2 fully saturated rings. The first-order valence-electron chi connectivity index (χ1n) is 11.4. The average Bonchev–Trinajstić information content (AvgIpc) is 3.15. The topological polar surface area (TPSA) is 62.7 Å². The molecule has 33 heavy (non-hydrogen) atoms. The number of halogens is 2. The number of rotatable bonds is 8. The third-order valence-electron chi connectivity index (χ3n) is 7.01. The first-order valence-corrected chi connectivity index (χ1v) is 11.4. The van der Waals surface area contributed by atoms with Crippen molar-refractivity contribution in [2.45, 2.75) is 31.7 Å². The van der Waals surface area contributed by atoms with E-state index in [0.717, 1.165) is 18.4 Å². The molecule has 2 saturated carbocycles. The Morgan fingerprint density at radius 3 is 2.73 bits per heavy atom. The van der Waals surface area contributed by atoms with Crippen molar-refractivity contribution in [3.8, 4) is 0 Å². The molecule has 2 N–H and O–H groups in total. The van der Waals surface area contributed by atoms with Gasteiger partial charge < -0.3 is 10.1 Å². The number of amides is 1. The Labute approximate surface area is 191 Å². The predicted octanol–water partition coefficient (Wildman–Crippen LogP) is 4.18. The first kappa shape index (κ1) is 21.8. The largest absolute Gasteiger partial charge is 0.382 e. The van der Waals surface area contributed by atoms with Gasteiger partial charge in [-0.25, -0.2) is 8.78 Å². The maximum atomic E-state index is 13.6. The second-order valence-electron chi connectivity index (χ2n) is 8.91. The number of hydrogen-bond donors (Lipinski definition) is 2. The fourth-order valence-corrected chi connectivity index (χ4v) is 5.48. The van der Waals surface area contributed by atoms with Gasteiger partial charge >= 0.3 is 0 Å². The number of carbonyl (C=O) groups excluding carboxylic acids is 1. The van der Waals surface area contributed by atoms with Gasteiger partial charge in [-0.2, -0.15) is 0 Å². The van der Waals surface area contributed by atoms with E-state index in [2.05, 4.69) is 21.7 Å². The highest BCUT2D eigenvalue weighted by molar-refractivity contribution is 6.06. The molecule has 0 aliphatic heterocycles. The molecule has 0 heterocycles. The van der Waals surface area contributed by atoms with Crippen LogP contribution in [0.5, 0.6) is 0 Å². The lowest BCUT2D eigenvalue weighted by Gasteiger charge is -2.40. The summed E-state index contributed by atoms with van der Waals surface area (Å²) in [6.07, 6.45) is 4.05. The number of nitrogens with zero attached hydrogens (tertiary/aromatic N) is 1. The Balaban J connectivity index is 1.30. The minimum atomic E-state index is -0.463. The highest BCUT2D eigenvalue weighted by Crippen LogP contribution is 2.81. The number of allylic oxidation sites excluding steroid dienone is 1. The summed E-state index contributed by atoms with van der Waals surface area (Å²) in [5.41, 5.74) is 2.76. The lowest BCUT2D eigenvalue weighted by Crippen LogP contribution is -2.54. The van der Waals surface area contributed by atoms with E-state index in [1.807, 2.05) is 19.1 Å². The smallest absolute Gasteiger partial charge is 0.258 e. The second kappa shape index (κ2) is 8.71. The number of carbonyl (C=O) groups is 1. The summed E-state index contributed by atoms with van der Waals surface area (Å²) in [5.74, 6) is 0.0463. The SMILES string of the molecule is CCOCCCN=C(NC(=O)c1cccc(F)c1)NC1C2=CC3C(c4ccc(F)cc4)C13C2. The van der Waals surface area contributed by atoms with E-state index in [1.54, 1.807) is 6.07 Å². The van der Waals surface area contributed by atoms with Gasteiger partial charge in [0.2, 0.25) is 0 Å². The van der Waals surface area contributed by atoms with Gasteiger partial charge in [-0.05, 0) is 67.5 Å². The standard InChI is InChI=1S/C26H27F2N3O2/c1-2-33-12-4-11-29-25(31-24(32)17-5-3-6-20(28)13-17)30-23-18-14-21-22(26(21,23)15-18)16-7-9-19(27)10-8-16/h3,5-10,13-14,21-23H,2,4,11-12,15H2,1H3,(H2,29,30,31,32). The third kappa shape index (κ3) is 3.95. The Kier molecular flexibility index (Phi) is 5.74. The number of ether oxygens (including phenoxy) is 1. The van der Waals surface area contributed by atoms with Gasteiger partial charge in [0, 0.05) is 30.7 Å². The fraction of sp³-hybridized carbons (Fsp3) is 0.385. The van der Waals surface area contributed by atoms with E-state index in [-0.39, 0.29) is 22.8 Å². The van der Waals surface area contributed by atoms with Gasteiger partial charge in [-0.3, -0.25) is 15.1 Å². The van der Waals surface area contributed by atoms with Crippen LogP contribution in [0.25, 0.3) is 0 Å². The fourth-order valence-electron chi connectivity index (χ4n) is 5.48. The molecule has 2 bridgehead atoms. The summed E-state index contributed by atoms with van der Waals surface area (Å²) < 4.78 is 32.3. The second-order valence-corrected chi connectivity index (χ2v) is 8.91. The zero-order chi connectivity index (χ0) is 23.0. The van der Waals surface area contributed by atoms with Crippen molar-refractivity contribution in [1.29, 1.82) is 0 Å². The van der Waals surface area contributed by atoms with Crippen molar-refractivity contribution in [3.05, 3.63) is 82.9 Å². The Morgan fingerprint density at radius 2 is 2.00 bits per heavy atom. The Bertz CT molecular complexity index is 1110. The van der Waals surface area contributed by atoms with Crippen LogP contribution in [0.3, 0.4) is 0 Å². The van der Waals surface area contributed by atoms with Crippen molar-refractivity contribution in [2.75, 3.05) is 19.8 Å².